The molecule has 0 aliphatic carbocycles. The molecule has 22 heavy (non-hydrogen) atoms. The minimum Gasteiger partial charge on any atom is -0.326 e. The van der Waals surface area contributed by atoms with E-state index >= 15 is 0 Å². The lowest BCUT2D eigenvalue weighted by atomic mass is 10.0. The Morgan fingerprint density at radius 3 is 2.50 bits per heavy atom. The van der Waals surface area contributed by atoms with Crippen LogP contribution < -0.4 is 10.0 Å². The van der Waals surface area contributed by atoms with Gasteiger partial charge in [-0.15, -0.1) is 4.40 Å². The summed E-state index contributed by atoms with van der Waals surface area (Å²) in [5, 5.41) is 2.81. The van der Waals surface area contributed by atoms with Crippen molar-refractivity contribution in [2.24, 2.45) is 4.40 Å². The molecule has 0 fully saturated rings. The number of allylic oxidation sites excluding steroid dienone is 2. The fourth-order valence-electron chi connectivity index (χ4n) is 2.15. The minimum absolute atomic E-state index is 0.122. The number of carbonyl (C=O) groups excluding carboxylic acids is 1. The molecule has 6 nitrogen and oxygen atoms in total. The fourth-order valence-corrected chi connectivity index (χ4v) is 3.53. The van der Waals surface area contributed by atoms with Crippen molar-refractivity contribution in [1.29, 1.82) is 0 Å². The first-order chi connectivity index (χ1) is 10.3. The number of amides is 1. The van der Waals surface area contributed by atoms with E-state index in [1.54, 1.807) is 13.8 Å². The zero-order valence-corrected chi connectivity index (χ0v) is 15.2. The van der Waals surface area contributed by atoms with Crippen molar-refractivity contribution in [2.45, 2.75) is 26.7 Å². The van der Waals surface area contributed by atoms with E-state index in [0.717, 1.165) is 14.8 Å². The molecule has 1 aromatic rings. The lowest BCUT2D eigenvalue weighted by Gasteiger charge is -2.17. The van der Waals surface area contributed by atoms with Crippen molar-refractivity contribution in [3.05, 3.63) is 39.1 Å². The molecule has 1 heterocycles. The largest absolute Gasteiger partial charge is 0.342 e. The highest BCUT2D eigenvalue weighted by atomic mass is 127. The van der Waals surface area contributed by atoms with Gasteiger partial charge in [0.1, 0.15) is 0 Å². The lowest BCUT2D eigenvalue weighted by Crippen LogP contribution is -2.28. The van der Waals surface area contributed by atoms with Crippen LogP contribution in [0.4, 0.5) is 5.69 Å². The Balaban J connectivity index is 1.97. The molecule has 0 bridgehead atoms. The molecule has 118 valence electrons. The van der Waals surface area contributed by atoms with Crippen LogP contribution in [0.25, 0.3) is 0 Å². The van der Waals surface area contributed by atoms with Crippen LogP contribution in [-0.2, 0) is 15.0 Å². The van der Waals surface area contributed by atoms with Gasteiger partial charge in [-0.3, -0.25) is 9.52 Å². The molecule has 0 aromatic heterocycles. The monoisotopic (exact) mass is 433 g/mol. The standard InChI is InChI=1S/C14H16IN3O3S/c1-9-13(10(2)18-22(20,21)17-9)7-8-14(19)16-12-5-3-11(15)4-6-12/h3-6,17H,7-8H2,1-2H3,(H,16,19). The molecular weight excluding hydrogens is 417 g/mol. The van der Waals surface area contributed by atoms with Crippen LogP contribution in [0, 0.1) is 3.57 Å². The van der Waals surface area contributed by atoms with E-state index < -0.39 is 10.2 Å². The number of nitrogens with one attached hydrogen (secondary N) is 2. The van der Waals surface area contributed by atoms with Gasteiger partial charge in [0.2, 0.25) is 5.91 Å². The number of carbonyl (C=O) groups is 1. The maximum absolute atomic E-state index is 12.0. The van der Waals surface area contributed by atoms with Crippen molar-refractivity contribution in [2.75, 3.05) is 5.32 Å². The van der Waals surface area contributed by atoms with Crippen molar-refractivity contribution >= 4 is 50.1 Å². The molecule has 0 radical (unpaired) electrons. The highest BCUT2D eigenvalue weighted by molar-refractivity contribution is 14.1. The zero-order valence-electron chi connectivity index (χ0n) is 12.2. The molecule has 1 amide bonds. The molecule has 1 aromatic carbocycles. The molecular formula is C14H16IN3O3S. The topological polar surface area (TPSA) is 87.6 Å². The van der Waals surface area contributed by atoms with Crippen LogP contribution in [-0.4, -0.2) is 20.0 Å². The smallest absolute Gasteiger partial charge is 0.326 e. The van der Waals surface area contributed by atoms with Crippen LogP contribution in [0.2, 0.25) is 0 Å². The Labute approximate surface area is 143 Å². The van der Waals surface area contributed by atoms with E-state index in [1.807, 2.05) is 24.3 Å². The summed E-state index contributed by atoms with van der Waals surface area (Å²) < 4.78 is 29.9. The summed E-state index contributed by atoms with van der Waals surface area (Å²) >= 11 is 2.20. The molecule has 2 rings (SSSR count). The average molecular weight is 433 g/mol. The van der Waals surface area contributed by atoms with Gasteiger partial charge < -0.3 is 5.32 Å². The quantitative estimate of drug-likeness (QED) is 0.716. The molecule has 0 atom stereocenters. The normalized spacial score (nSPS) is 16.8. The zero-order chi connectivity index (χ0) is 16.3. The van der Waals surface area contributed by atoms with Gasteiger partial charge in [0.15, 0.2) is 0 Å². The van der Waals surface area contributed by atoms with Crippen LogP contribution in [0.5, 0.6) is 0 Å². The van der Waals surface area contributed by atoms with E-state index in [-0.39, 0.29) is 12.3 Å². The SMILES string of the molecule is CC1=NS(=O)(=O)NC(C)=C1CCC(=O)Nc1ccc(I)cc1. The first-order valence-electron chi connectivity index (χ1n) is 6.62. The molecule has 1 aliphatic heterocycles. The Morgan fingerprint density at radius 1 is 1.27 bits per heavy atom. The van der Waals surface area contributed by atoms with Crippen molar-refractivity contribution in [3.8, 4) is 0 Å². The Hall–Kier alpha value is -1.42. The van der Waals surface area contributed by atoms with Gasteiger partial charge in [0.05, 0.1) is 5.71 Å². The predicted octanol–water partition coefficient (Wildman–Crippen LogP) is 2.59. The molecule has 0 saturated carbocycles. The molecule has 2 N–H and O–H groups in total. The third-order valence-electron chi connectivity index (χ3n) is 3.16. The summed E-state index contributed by atoms with van der Waals surface area (Å²) in [6.45, 7) is 3.30. The highest BCUT2D eigenvalue weighted by Gasteiger charge is 2.20. The molecule has 0 saturated heterocycles. The number of nitrogens with zero attached hydrogens (tertiary/aromatic N) is 1. The maximum Gasteiger partial charge on any atom is 0.342 e. The third-order valence-corrected chi connectivity index (χ3v) is 4.96. The van der Waals surface area contributed by atoms with Gasteiger partial charge in [0, 0.05) is 21.4 Å². The fraction of sp³-hybridized carbons (Fsp3) is 0.286. The number of anilines is 1. The van der Waals surface area contributed by atoms with Gasteiger partial charge in [-0.1, -0.05) is 0 Å². The summed E-state index contributed by atoms with van der Waals surface area (Å²) in [6.07, 6.45) is 0.688. The summed E-state index contributed by atoms with van der Waals surface area (Å²) in [5.41, 5.74) is 2.45. The summed E-state index contributed by atoms with van der Waals surface area (Å²) in [5.74, 6) is -0.122. The Kier molecular flexibility index (Phi) is 5.22. The second kappa shape index (κ2) is 6.78. The summed E-state index contributed by atoms with van der Waals surface area (Å²) in [6, 6.07) is 7.50. The van der Waals surface area contributed by atoms with Crippen molar-refractivity contribution in [3.63, 3.8) is 0 Å². The number of hydrogen-bond acceptors (Lipinski definition) is 3. The molecule has 1 aliphatic rings. The van der Waals surface area contributed by atoms with Gasteiger partial charge in [-0.05, 0) is 72.7 Å². The van der Waals surface area contributed by atoms with Crippen LogP contribution in [0.1, 0.15) is 26.7 Å². The molecule has 0 spiro atoms. The van der Waals surface area contributed by atoms with Crippen molar-refractivity contribution in [1.82, 2.24) is 4.72 Å². The summed E-state index contributed by atoms with van der Waals surface area (Å²) in [4.78, 5) is 12.0. The third kappa shape index (κ3) is 4.54. The lowest BCUT2D eigenvalue weighted by molar-refractivity contribution is -0.116. The number of rotatable bonds is 4. The van der Waals surface area contributed by atoms with Gasteiger partial charge in [-0.2, -0.15) is 8.42 Å². The molecule has 0 unspecified atom stereocenters. The number of halogens is 1. The first-order valence-corrected chi connectivity index (χ1v) is 9.13. The highest BCUT2D eigenvalue weighted by Crippen LogP contribution is 2.19. The van der Waals surface area contributed by atoms with Crippen LogP contribution in [0.3, 0.4) is 0 Å². The number of hydrogen-bond donors (Lipinski definition) is 2. The Morgan fingerprint density at radius 2 is 1.91 bits per heavy atom. The second-order valence-corrected chi connectivity index (χ2v) is 7.49. The number of benzene rings is 1. The van der Waals surface area contributed by atoms with E-state index in [1.165, 1.54) is 0 Å². The van der Waals surface area contributed by atoms with Gasteiger partial charge in [-0.25, -0.2) is 0 Å². The maximum atomic E-state index is 12.0. The van der Waals surface area contributed by atoms with Crippen molar-refractivity contribution < 1.29 is 13.2 Å². The second-order valence-electron chi connectivity index (χ2n) is 4.91. The van der Waals surface area contributed by atoms with E-state index in [2.05, 4.69) is 37.0 Å². The van der Waals surface area contributed by atoms with Gasteiger partial charge >= 0.3 is 10.2 Å². The van der Waals surface area contributed by atoms with E-state index in [9.17, 15) is 13.2 Å². The van der Waals surface area contributed by atoms with Crippen LogP contribution >= 0.6 is 22.6 Å². The van der Waals surface area contributed by atoms with E-state index in [4.69, 9.17) is 0 Å². The summed E-state index contributed by atoms with van der Waals surface area (Å²) in [7, 11) is -3.63. The van der Waals surface area contributed by atoms with E-state index in [0.29, 0.717) is 17.8 Å². The Bertz CT molecular complexity index is 752. The minimum atomic E-state index is -3.63. The first kappa shape index (κ1) is 16.9. The predicted molar refractivity (Wildman–Crippen MR) is 94.9 cm³/mol. The molecule has 8 heteroatoms. The average Bonchev–Trinajstić information content (AvgIpc) is 2.39. The van der Waals surface area contributed by atoms with Crippen LogP contribution in [0.15, 0.2) is 39.9 Å². The van der Waals surface area contributed by atoms with Gasteiger partial charge in [0.25, 0.3) is 0 Å².